The number of halogens is 3. The summed E-state index contributed by atoms with van der Waals surface area (Å²) in [5.41, 5.74) is 8.39. The second kappa shape index (κ2) is 6.16. The van der Waals surface area contributed by atoms with Crippen molar-refractivity contribution in [3.8, 4) is 0 Å². The van der Waals surface area contributed by atoms with Crippen LogP contribution in [0.1, 0.15) is 35.9 Å². The topological polar surface area (TPSA) is 66.8 Å². The minimum Gasteiger partial charge on any atom is -0.382 e. The lowest BCUT2D eigenvalue weighted by molar-refractivity contribution is -0.137. The van der Waals surface area contributed by atoms with Gasteiger partial charge in [0.2, 0.25) is 0 Å². The van der Waals surface area contributed by atoms with Gasteiger partial charge >= 0.3 is 6.18 Å². The summed E-state index contributed by atoms with van der Waals surface area (Å²) in [5, 5.41) is 10.9. The van der Waals surface area contributed by atoms with Crippen molar-refractivity contribution < 1.29 is 13.2 Å². The van der Waals surface area contributed by atoms with Crippen molar-refractivity contribution in [1.82, 2.24) is 9.88 Å². The predicted octanol–water partition coefficient (Wildman–Crippen LogP) is 4.10. The summed E-state index contributed by atoms with van der Waals surface area (Å²) in [6.07, 6.45) is 0.132. The molecule has 0 saturated heterocycles. The molecule has 0 amide bonds. The summed E-state index contributed by atoms with van der Waals surface area (Å²) in [7, 11) is 0. The van der Waals surface area contributed by atoms with Gasteiger partial charge in [0.05, 0.1) is 28.3 Å². The van der Waals surface area contributed by atoms with Crippen molar-refractivity contribution in [2.24, 2.45) is 5.73 Å². The summed E-state index contributed by atoms with van der Waals surface area (Å²) < 4.78 is 40.0. The lowest BCUT2D eigenvalue weighted by Crippen LogP contribution is -2.22. The van der Waals surface area contributed by atoms with Crippen LogP contribution in [0.5, 0.6) is 0 Å². The van der Waals surface area contributed by atoms with E-state index >= 15 is 0 Å². The van der Waals surface area contributed by atoms with E-state index in [0.29, 0.717) is 17.0 Å². The molecule has 25 heavy (non-hydrogen) atoms. The van der Waals surface area contributed by atoms with Gasteiger partial charge < -0.3 is 15.6 Å². The highest BCUT2D eigenvalue weighted by molar-refractivity contribution is 5.97. The first-order valence-corrected chi connectivity index (χ1v) is 7.74. The van der Waals surface area contributed by atoms with E-state index in [1.54, 1.807) is 16.8 Å². The van der Waals surface area contributed by atoms with Crippen molar-refractivity contribution >= 4 is 23.4 Å². The van der Waals surface area contributed by atoms with Gasteiger partial charge in [-0.3, -0.25) is 5.41 Å². The number of alkyl halides is 3. The summed E-state index contributed by atoms with van der Waals surface area (Å²) in [4.78, 5) is 0. The Morgan fingerprint density at radius 3 is 2.44 bits per heavy atom. The Morgan fingerprint density at radius 1 is 1.20 bits per heavy atom. The van der Waals surface area contributed by atoms with Crippen LogP contribution < -0.4 is 11.1 Å². The number of nitrogens with two attached hydrogens (primary N) is 1. The third kappa shape index (κ3) is 3.17. The lowest BCUT2D eigenvalue weighted by atomic mass is 10.1. The van der Waals surface area contributed by atoms with E-state index < -0.39 is 11.7 Å². The van der Waals surface area contributed by atoms with Crippen LogP contribution in [0.15, 0.2) is 42.5 Å². The average molecular weight is 346 g/mol. The van der Waals surface area contributed by atoms with E-state index in [1.165, 1.54) is 12.1 Å². The van der Waals surface area contributed by atoms with Gasteiger partial charge in [-0.05, 0) is 36.2 Å². The third-order valence-electron chi connectivity index (χ3n) is 3.93. The normalized spacial score (nSPS) is 15.5. The van der Waals surface area contributed by atoms with Crippen LogP contribution in [0.2, 0.25) is 0 Å². The van der Waals surface area contributed by atoms with Crippen LogP contribution in [0, 0.1) is 5.41 Å². The van der Waals surface area contributed by atoms with Crippen LogP contribution in [0.3, 0.4) is 0 Å². The third-order valence-corrected chi connectivity index (χ3v) is 3.93. The van der Waals surface area contributed by atoms with Crippen molar-refractivity contribution in [3.05, 3.63) is 65.0 Å². The Kier molecular flexibility index (Phi) is 4.16. The SMILES string of the molecule is CC/C=C1/NC(c2ccc(C(F)(F)F)cc2)=Cn2c(C(=N)N)ccc21. The Balaban J connectivity index is 2.07. The Bertz CT molecular complexity index is 871. The molecule has 130 valence electrons. The van der Waals surface area contributed by atoms with E-state index in [0.717, 1.165) is 29.9 Å². The number of nitrogens with one attached hydrogen (secondary N) is 2. The maximum Gasteiger partial charge on any atom is 0.416 e. The van der Waals surface area contributed by atoms with Gasteiger partial charge in [0.25, 0.3) is 0 Å². The highest BCUT2D eigenvalue weighted by atomic mass is 19.4. The number of nitrogen functional groups attached to an aromatic ring is 1. The zero-order valence-electron chi connectivity index (χ0n) is 13.5. The molecule has 1 aliphatic heterocycles. The molecular weight excluding hydrogens is 329 g/mol. The smallest absolute Gasteiger partial charge is 0.382 e. The van der Waals surface area contributed by atoms with Crippen LogP contribution in [-0.2, 0) is 6.18 Å². The van der Waals surface area contributed by atoms with E-state index in [9.17, 15) is 13.2 Å². The molecule has 0 bridgehead atoms. The first-order chi connectivity index (χ1) is 11.8. The second-order valence-corrected chi connectivity index (χ2v) is 5.66. The van der Waals surface area contributed by atoms with Crippen molar-refractivity contribution in [2.45, 2.75) is 19.5 Å². The van der Waals surface area contributed by atoms with E-state index in [1.807, 2.05) is 19.1 Å². The largest absolute Gasteiger partial charge is 0.416 e. The molecule has 0 spiro atoms. The zero-order valence-corrected chi connectivity index (χ0v) is 13.5. The number of nitrogens with zero attached hydrogens (tertiary/aromatic N) is 1. The lowest BCUT2D eigenvalue weighted by Gasteiger charge is -2.23. The van der Waals surface area contributed by atoms with Gasteiger partial charge in [0.1, 0.15) is 5.84 Å². The van der Waals surface area contributed by atoms with Crippen molar-refractivity contribution in [1.29, 1.82) is 5.41 Å². The highest BCUT2D eigenvalue weighted by Gasteiger charge is 2.30. The maximum absolute atomic E-state index is 12.7. The molecular formula is C18H17F3N4. The number of benzene rings is 1. The van der Waals surface area contributed by atoms with Gasteiger partial charge in [0.15, 0.2) is 0 Å². The molecule has 0 unspecified atom stereocenters. The van der Waals surface area contributed by atoms with Gasteiger partial charge in [-0.1, -0.05) is 25.1 Å². The molecule has 2 heterocycles. The maximum atomic E-state index is 12.7. The number of allylic oxidation sites excluding steroid dienone is 1. The molecule has 0 saturated carbocycles. The Labute approximate surface area is 143 Å². The Hall–Kier alpha value is -2.96. The zero-order chi connectivity index (χ0) is 18.2. The van der Waals surface area contributed by atoms with Crippen molar-refractivity contribution in [3.63, 3.8) is 0 Å². The number of amidine groups is 1. The monoisotopic (exact) mass is 346 g/mol. The molecule has 3 rings (SSSR count). The first-order valence-electron chi connectivity index (χ1n) is 7.74. The second-order valence-electron chi connectivity index (χ2n) is 5.66. The number of hydrogen-bond donors (Lipinski definition) is 3. The van der Waals surface area contributed by atoms with Gasteiger partial charge in [0, 0.05) is 6.20 Å². The molecule has 0 aliphatic carbocycles. The summed E-state index contributed by atoms with van der Waals surface area (Å²) in [6.45, 7) is 1.99. The molecule has 4 N–H and O–H groups in total. The van der Waals surface area contributed by atoms with E-state index in [4.69, 9.17) is 11.1 Å². The fourth-order valence-corrected chi connectivity index (χ4v) is 2.74. The summed E-state index contributed by atoms with van der Waals surface area (Å²) in [6, 6.07) is 8.55. The summed E-state index contributed by atoms with van der Waals surface area (Å²) in [5.74, 6) is -0.0768. The quantitative estimate of drug-likeness (QED) is 0.579. The standard InChI is InChI=1S/C18H17F3N4/c1-2-3-13-15-8-9-16(17(22)23)25(15)10-14(24-13)11-4-6-12(7-5-11)18(19,20)21/h3-10,24H,2H2,1H3,(H3,22,23)/b13-3+. The molecule has 1 aromatic heterocycles. The molecule has 0 atom stereocenters. The minimum absolute atomic E-state index is 0.0768. The van der Waals surface area contributed by atoms with Gasteiger partial charge in [-0.2, -0.15) is 13.2 Å². The molecule has 7 heteroatoms. The fraction of sp³-hybridized carbons (Fsp3) is 0.167. The Morgan fingerprint density at radius 2 is 1.88 bits per heavy atom. The van der Waals surface area contributed by atoms with E-state index in [-0.39, 0.29) is 5.84 Å². The predicted molar refractivity (Wildman–Crippen MR) is 92.5 cm³/mol. The van der Waals surface area contributed by atoms with Gasteiger partial charge in [-0.15, -0.1) is 0 Å². The van der Waals surface area contributed by atoms with E-state index in [2.05, 4.69) is 5.32 Å². The first kappa shape index (κ1) is 16.9. The van der Waals surface area contributed by atoms with Crippen LogP contribution in [-0.4, -0.2) is 10.4 Å². The highest BCUT2D eigenvalue weighted by Crippen LogP contribution is 2.32. The fourth-order valence-electron chi connectivity index (χ4n) is 2.74. The molecule has 4 nitrogen and oxygen atoms in total. The van der Waals surface area contributed by atoms with Crippen molar-refractivity contribution in [2.75, 3.05) is 0 Å². The number of fused-ring (bicyclic) bond motifs is 1. The number of hydrogen-bond acceptors (Lipinski definition) is 2. The average Bonchev–Trinajstić information content (AvgIpc) is 2.99. The minimum atomic E-state index is -4.37. The van der Waals surface area contributed by atoms with Crippen LogP contribution in [0.4, 0.5) is 13.2 Å². The number of aromatic nitrogens is 1. The molecule has 0 radical (unpaired) electrons. The summed E-state index contributed by atoms with van der Waals surface area (Å²) >= 11 is 0. The van der Waals surface area contributed by atoms with Gasteiger partial charge in [-0.25, -0.2) is 0 Å². The van der Waals surface area contributed by atoms with Crippen LogP contribution in [0.25, 0.3) is 17.6 Å². The molecule has 1 aliphatic rings. The molecule has 1 aromatic carbocycles. The molecule has 0 fully saturated rings. The molecule has 2 aromatic rings. The number of rotatable bonds is 3. The van der Waals surface area contributed by atoms with Crippen LogP contribution >= 0.6 is 0 Å².